The fourth-order valence-electron chi connectivity index (χ4n) is 4.19. The maximum absolute atomic E-state index is 13.5. The molecular formula is C27H26ClFN2O2. The first kappa shape index (κ1) is 23.0. The smallest absolute Gasteiger partial charge is 0.352 e. The van der Waals surface area contributed by atoms with Gasteiger partial charge < -0.3 is 15.0 Å². The summed E-state index contributed by atoms with van der Waals surface area (Å²) in [5, 5.41) is 14.8. The van der Waals surface area contributed by atoms with Gasteiger partial charge in [0.1, 0.15) is 11.5 Å². The van der Waals surface area contributed by atoms with Crippen molar-refractivity contribution in [1.82, 2.24) is 9.88 Å². The number of rotatable bonds is 9. The molecule has 1 atom stereocenters. The molecule has 0 bridgehead atoms. The molecule has 4 aromatic rings. The van der Waals surface area contributed by atoms with Gasteiger partial charge in [-0.25, -0.2) is 9.18 Å². The molecular weight excluding hydrogens is 439 g/mol. The van der Waals surface area contributed by atoms with Crippen molar-refractivity contribution in [2.75, 3.05) is 0 Å². The van der Waals surface area contributed by atoms with Crippen LogP contribution >= 0.6 is 11.6 Å². The normalized spacial score (nSPS) is 12.2. The largest absolute Gasteiger partial charge is 0.477 e. The zero-order chi connectivity index (χ0) is 23.4. The molecule has 4 nitrogen and oxygen atoms in total. The van der Waals surface area contributed by atoms with Gasteiger partial charge in [-0.15, -0.1) is 0 Å². The first-order chi connectivity index (χ1) is 15.9. The Labute approximate surface area is 197 Å². The van der Waals surface area contributed by atoms with Gasteiger partial charge in [0.25, 0.3) is 0 Å². The van der Waals surface area contributed by atoms with E-state index in [0.717, 1.165) is 29.3 Å². The number of aromatic carboxylic acids is 1. The Balaban J connectivity index is 1.61. The Morgan fingerprint density at radius 1 is 1.09 bits per heavy atom. The van der Waals surface area contributed by atoms with Crippen LogP contribution in [0.1, 0.15) is 40.5 Å². The first-order valence-corrected chi connectivity index (χ1v) is 11.4. The minimum Gasteiger partial charge on any atom is -0.477 e. The predicted octanol–water partition coefficient (Wildman–Crippen LogP) is 6.29. The van der Waals surface area contributed by atoms with Crippen LogP contribution in [0.4, 0.5) is 4.39 Å². The number of carboxylic acid groups (broad SMARTS) is 1. The van der Waals surface area contributed by atoms with Crippen molar-refractivity contribution >= 4 is 28.5 Å². The molecule has 0 aliphatic carbocycles. The summed E-state index contributed by atoms with van der Waals surface area (Å²) in [5.41, 5.74) is 3.72. The topological polar surface area (TPSA) is 54.3 Å². The summed E-state index contributed by atoms with van der Waals surface area (Å²) in [5.74, 6) is -1.42. The van der Waals surface area contributed by atoms with Crippen molar-refractivity contribution in [3.63, 3.8) is 0 Å². The summed E-state index contributed by atoms with van der Waals surface area (Å²) in [7, 11) is 0. The number of para-hydroxylation sites is 1. The van der Waals surface area contributed by atoms with Crippen LogP contribution in [-0.2, 0) is 19.5 Å². The number of carbonyl (C=O) groups is 1. The number of fused-ring (bicyclic) bond motifs is 1. The lowest BCUT2D eigenvalue weighted by atomic mass is 10.1. The van der Waals surface area contributed by atoms with E-state index in [1.165, 1.54) is 17.7 Å². The third kappa shape index (κ3) is 5.27. The van der Waals surface area contributed by atoms with Crippen LogP contribution in [0.2, 0.25) is 5.02 Å². The van der Waals surface area contributed by atoms with E-state index in [-0.39, 0.29) is 23.3 Å². The molecule has 4 rings (SSSR count). The van der Waals surface area contributed by atoms with E-state index >= 15 is 0 Å². The lowest BCUT2D eigenvalue weighted by Gasteiger charge is -2.15. The summed E-state index contributed by atoms with van der Waals surface area (Å²) in [6.45, 7) is 2.79. The summed E-state index contributed by atoms with van der Waals surface area (Å²) in [6.07, 6.45) is 1.89. The number of benzene rings is 3. The van der Waals surface area contributed by atoms with E-state index in [1.807, 2.05) is 42.5 Å². The number of nitrogens with one attached hydrogen (secondary N) is 1. The Bertz CT molecular complexity index is 1270. The molecule has 0 aliphatic rings. The summed E-state index contributed by atoms with van der Waals surface area (Å²) >= 11 is 6.24. The van der Waals surface area contributed by atoms with Crippen LogP contribution in [0.15, 0.2) is 72.8 Å². The number of aromatic nitrogens is 1. The third-order valence-electron chi connectivity index (χ3n) is 5.96. The van der Waals surface area contributed by atoms with Gasteiger partial charge >= 0.3 is 5.97 Å². The van der Waals surface area contributed by atoms with Crippen molar-refractivity contribution in [2.24, 2.45) is 0 Å². The van der Waals surface area contributed by atoms with Crippen LogP contribution in [0.5, 0.6) is 0 Å². The Hall–Kier alpha value is -3.15. The SMILES string of the molecule is C[C@H](CCc1ccccc1)NCc1c(C(=O)O)n(Cc2ccc(F)cc2Cl)c2ccccc12. The molecule has 0 aliphatic heterocycles. The number of hydrogen-bond donors (Lipinski definition) is 2. The van der Waals surface area contributed by atoms with E-state index in [9.17, 15) is 14.3 Å². The van der Waals surface area contributed by atoms with E-state index in [2.05, 4.69) is 24.4 Å². The minimum absolute atomic E-state index is 0.209. The van der Waals surface area contributed by atoms with Gasteiger partial charge in [0, 0.05) is 40.6 Å². The molecule has 0 amide bonds. The van der Waals surface area contributed by atoms with Crippen LogP contribution in [0.25, 0.3) is 10.9 Å². The van der Waals surface area contributed by atoms with Gasteiger partial charge in [-0.1, -0.05) is 66.2 Å². The molecule has 0 fully saturated rings. The van der Waals surface area contributed by atoms with Gasteiger partial charge in [0.05, 0.1) is 0 Å². The zero-order valence-corrected chi connectivity index (χ0v) is 19.1. The number of aryl methyl sites for hydroxylation is 1. The lowest BCUT2D eigenvalue weighted by Crippen LogP contribution is -2.27. The maximum Gasteiger partial charge on any atom is 0.352 e. The second kappa shape index (κ2) is 10.2. The Morgan fingerprint density at radius 2 is 1.82 bits per heavy atom. The minimum atomic E-state index is -1.00. The number of hydrogen-bond acceptors (Lipinski definition) is 2. The highest BCUT2D eigenvalue weighted by Gasteiger charge is 2.23. The number of carboxylic acids is 1. The fraction of sp³-hybridized carbons (Fsp3) is 0.222. The molecule has 1 heterocycles. The zero-order valence-electron chi connectivity index (χ0n) is 18.4. The quantitative estimate of drug-likeness (QED) is 0.306. The highest BCUT2D eigenvalue weighted by atomic mass is 35.5. The highest BCUT2D eigenvalue weighted by molar-refractivity contribution is 6.31. The molecule has 0 unspecified atom stereocenters. The summed E-state index contributed by atoms with van der Waals surface area (Å²) in [6, 6.07) is 22.3. The molecule has 0 saturated heterocycles. The standard InChI is InChI=1S/C27H26ClFN2O2/c1-18(11-12-19-7-3-2-4-8-19)30-16-23-22-9-5-6-10-25(22)31(26(23)27(32)33)17-20-13-14-21(29)15-24(20)28/h2-10,13-15,18,30H,11-12,16-17H2,1H3,(H,32,33)/t18-/m1/s1. The second-order valence-corrected chi connectivity index (χ2v) is 8.68. The molecule has 0 radical (unpaired) electrons. The Morgan fingerprint density at radius 3 is 2.55 bits per heavy atom. The molecule has 0 saturated carbocycles. The van der Waals surface area contributed by atoms with Crippen LogP contribution in [-0.4, -0.2) is 21.7 Å². The average molecular weight is 465 g/mol. The molecule has 2 N–H and O–H groups in total. The lowest BCUT2D eigenvalue weighted by molar-refractivity contribution is 0.0684. The second-order valence-electron chi connectivity index (χ2n) is 8.28. The van der Waals surface area contributed by atoms with Gasteiger partial charge in [0.2, 0.25) is 0 Å². The van der Waals surface area contributed by atoms with Crippen LogP contribution < -0.4 is 5.32 Å². The van der Waals surface area contributed by atoms with E-state index in [1.54, 1.807) is 10.6 Å². The Kier molecular flexibility index (Phi) is 7.11. The maximum atomic E-state index is 13.5. The fourth-order valence-corrected chi connectivity index (χ4v) is 4.42. The highest BCUT2D eigenvalue weighted by Crippen LogP contribution is 2.29. The van der Waals surface area contributed by atoms with Crippen LogP contribution in [0, 0.1) is 5.82 Å². The number of halogens is 2. The van der Waals surface area contributed by atoms with Crippen molar-refractivity contribution < 1.29 is 14.3 Å². The molecule has 3 aromatic carbocycles. The van der Waals surface area contributed by atoms with Crippen molar-refractivity contribution in [3.8, 4) is 0 Å². The number of nitrogens with zero attached hydrogens (tertiary/aromatic N) is 1. The third-order valence-corrected chi connectivity index (χ3v) is 6.31. The first-order valence-electron chi connectivity index (χ1n) is 11.0. The molecule has 33 heavy (non-hydrogen) atoms. The van der Waals surface area contributed by atoms with Gasteiger partial charge in [-0.2, -0.15) is 0 Å². The summed E-state index contributed by atoms with van der Waals surface area (Å²) in [4.78, 5) is 12.4. The van der Waals surface area contributed by atoms with Gasteiger partial charge in [-0.05, 0) is 49.1 Å². The summed E-state index contributed by atoms with van der Waals surface area (Å²) < 4.78 is 15.3. The molecule has 1 aromatic heterocycles. The molecule has 170 valence electrons. The van der Waals surface area contributed by atoms with Gasteiger partial charge in [0.15, 0.2) is 0 Å². The van der Waals surface area contributed by atoms with E-state index in [4.69, 9.17) is 11.6 Å². The monoisotopic (exact) mass is 464 g/mol. The van der Waals surface area contributed by atoms with Crippen LogP contribution in [0.3, 0.4) is 0 Å². The van der Waals surface area contributed by atoms with Crippen molar-refractivity contribution in [3.05, 3.63) is 106 Å². The average Bonchev–Trinajstić information content (AvgIpc) is 3.12. The van der Waals surface area contributed by atoms with E-state index in [0.29, 0.717) is 12.1 Å². The van der Waals surface area contributed by atoms with E-state index < -0.39 is 11.8 Å². The van der Waals surface area contributed by atoms with Crippen molar-refractivity contribution in [2.45, 2.75) is 38.9 Å². The predicted molar refractivity (Wildman–Crippen MR) is 130 cm³/mol. The molecule has 6 heteroatoms. The van der Waals surface area contributed by atoms with Gasteiger partial charge in [-0.3, -0.25) is 0 Å². The van der Waals surface area contributed by atoms with Crippen molar-refractivity contribution in [1.29, 1.82) is 0 Å². The molecule has 0 spiro atoms.